The zero-order valence-electron chi connectivity index (χ0n) is 13.3. The highest BCUT2D eigenvalue weighted by Crippen LogP contribution is 2.23. The molecule has 122 valence electrons. The van der Waals surface area contributed by atoms with Crippen molar-refractivity contribution in [2.45, 2.75) is 38.3 Å². The first kappa shape index (κ1) is 15.7. The van der Waals surface area contributed by atoms with Gasteiger partial charge in [0.05, 0.1) is 18.3 Å². The highest BCUT2D eigenvalue weighted by atomic mass is 16.3. The largest absolute Gasteiger partial charge is 0.396 e. The van der Waals surface area contributed by atoms with Gasteiger partial charge >= 0.3 is 0 Å². The monoisotopic (exact) mass is 313 g/mol. The van der Waals surface area contributed by atoms with Gasteiger partial charge in [-0.25, -0.2) is 0 Å². The Labute approximate surface area is 136 Å². The van der Waals surface area contributed by atoms with Crippen LogP contribution in [0.3, 0.4) is 0 Å². The topological polar surface area (TPSA) is 58.4 Å². The molecule has 0 radical (unpaired) electrons. The van der Waals surface area contributed by atoms with Crippen LogP contribution in [0, 0.1) is 0 Å². The van der Waals surface area contributed by atoms with E-state index < -0.39 is 0 Å². The van der Waals surface area contributed by atoms with E-state index in [1.54, 1.807) is 10.9 Å². The van der Waals surface area contributed by atoms with Crippen LogP contribution >= 0.6 is 0 Å². The lowest BCUT2D eigenvalue weighted by atomic mass is 10.1. The summed E-state index contributed by atoms with van der Waals surface area (Å²) < 4.78 is 1.81. The van der Waals surface area contributed by atoms with E-state index in [1.165, 1.54) is 0 Å². The number of benzene rings is 1. The van der Waals surface area contributed by atoms with E-state index in [-0.39, 0.29) is 18.6 Å². The van der Waals surface area contributed by atoms with Crippen LogP contribution in [-0.2, 0) is 6.54 Å². The maximum absolute atomic E-state index is 12.7. The maximum atomic E-state index is 12.7. The predicted octanol–water partition coefficient (Wildman–Crippen LogP) is 2.31. The first-order valence-electron chi connectivity index (χ1n) is 8.26. The molecule has 1 fully saturated rings. The summed E-state index contributed by atoms with van der Waals surface area (Å²) in [5.74, 6) is 0.0600. The first-order chi connectivity index (χ1) is 11.3. The van der Waals surface area contributed by atoms with E-state index >= 15 is 0 Å². The normalized spacial score (nSPS) is 17.6. The van der Waals surface area contributed by atoms with Gasteiger partial charge in [-0.1, -0.05) is 30.3 Å². The van der Waals surface area contributed by atoms with Gasteiger partial charge < -0.3 is 10.0 Å². The molecule has 1 saturated heterocycles. The number of hydrogen-bond acceptors (Lipinski definition) is 3. The number of hydrogen-bond donors (Lipinski definition) is 1. The third-order valence-electron chi connectivity index (χ3n) is 4.40. The van der Waals surface area contributed by atoms with Crippen LogP contribution < -0.4 is 0 Å². The zero-order chi connectivity index (χ0) is 16.1. The lowest BCUT2D eigenvalue weighted by Gasteiger charge is -2.24. The molecule has 1 atom stereocenters. The van der Waals surface area contributed by atoms with Crippen LogP contribution in [-0.4, -0.2) is 44.9 Å². The van der Waals surface area contributed by atoms with E-state index in [2.05, 4.69) is 17.2 Å². The Morgan fingerprint density at radius 1 is 1.30 bits per heavy atom. The minimum Gasteiger partial charge on any atom is -0.396 e. The third kappa shape index (κ3) is 3.79. The number of nitrogens with zero attached hydrogens (tertiary/aromatic N) is 3. The number of rotatable bonds is 6. The number of carbonyl (C=O) groups excluding carboxylic acids is 1. The summed E-state index contributed by atoms with van der Waals surface area (Å²) in [4.78, 5) is 14.6. The molecule has 1 amide bonds. The van der Waals surface area contributed by atoms with Gasteiger partial charge in [-0.3, -0.25) is 9.48 Å². The average Bonchev–Trinajstić information content (AvgIpc) is 3.22. The molecule has 0 aliphatic carbocycles. The van der Waals surface area contributed by atoms with Crippen LogP contribution in [0.15, 0.2) is 42.7 Å². The summed E-state index contributed by atoms with van der Waals surface area (Å²) in [5.41, 5.74) is 1.81. The van der Waals surface area contributed by atoms with Gasteiger partial charge in [-0.05, 0) is 31.2 Å². The lowest BCUT2D eigenvalue weighted by molar-refractivity contribution is 0.0724. The molecule has 1 aliphatic heterocycles. The van der Waals surface area contributed by atoms with Crippen LogP contribution in [0.2, 0.25) is 0 Å². The highest BCUT2D eigenvalue weighted by molar-refractivity contribution is 5.94. The smallest absolute Gasteiger partial charge is 0.257 e. The quantitative estimate of drug-likeness (QED) is 0.890. The molecule has 5 nitrogen and oxygen atoms in total. The fraction of sp³-hybridized carbons (Fsp3) is 0.444. The summed E-state index contributed by atoms with van der Waals surface area (Å²) in [6, 6.07) is 10.3. The molecule has 3 rings (SSSR count). The second-order valence-electron chi connectivity index (χ2n) is 6.07. The third-order valence-corrected chi connectivity index (χ3v) is 4.40. The molecule has 0 spiro atoms. The molecule has 0 bridgehead atoms. The first-order valence-corrected chi connectivity index (χ1v) is 8.26. The molecular formula is C18H23N3O2. The Kier molecular flexibility index (Phi) is 5.08. The Hall–Kier alpha value is -2.14. The SMILES string of the molecule is O=C(c1cnn(Cc2ccccc2)c1)N1CCCC1CCCO. The summed E-state index contributed by atoms with van der Waals surface area (Å²) in [7, 11) is 0. The molecule has 1 N–H and O–H groups in total. The molecule has 1 unspecified atom stereocenters. The Morgan fingerprint density at radius 2 is 2.13 bits per heavy atom. The van der Waals surface area contributed by atoms with E-state index in [4.69, 9.17) is 5.11 Å². The minimum absolute atomic E-state index is 0.0600. The molecule has 2 aromatic rings. The number of aliphatic hydroxyl groups excluding tert-OH is 1. The van der Waals surface area contributed by atoms with Crippen molar-refractivity contribution < 1.29 is 9.90 Å². The molecule has 23 heavy (non-hydrogen) atoms. The van der Waals surface area contributed by atoms with Crippen LogP contribution in [0.25, 0.3) is 0 Å². The molecule has 1 aliphatic rings. The molecule has 5 heteroatoms. The average molecular weight is 313 g/mol. The van der Waals surface area contributed by atoms with Crippen molar-refractivity contribution in [2.75, 3.05) is 13.2 Å². The molecule has 1 aromatic carbocycles. The van der Waals surface area contributed by atoms with Crippen molar-refractivity contribution in [3.63, 3.8) is 0 Å². The summed E-state index contributed by atoms with van der Waals surface area (Å²) in [6.07, 6.45) is 7.19. The number of amides is 1. The standard InChI is InChI=1S/C18H23N3O2/c22-11-5-9-17-8-4-10-21(17)18(23)16-12-19-20(14-16)13-15-6-2-1-3-7-15/h1-3,6-7,12,14,17,22H,4-5,8-11,13H2. The van der Waals surface area contributed by atoms with Gasteiger partial charge in [-0.2, -0.15) is 5.10 Å². The number of carbonyl (C=O) groups is 1. The van der Waals surface area contributed by atoms with E-state index in [9.17, 15) is 4.79 Å². The fourth-order valence-electron chi connectivity index (χ4n) is 3.23. The van der Waals surface area contributed by atoms with Gasteiger partial charge in [0.15, 0.2) is 0 Å². The van der Waals surface area contributed by atoms with Gasteiger partial charge in [0.2, 0.25) is 0 Å². The van der Waals surface area contributed by atoms with Crippen molar-refractivity contribution in [3.8, 4) is 0 Å². The fourth-order valence-corrected chi connectivity index (χ4v) is 3.23. The summed E-state index contributed by atoms with van der Waals surface area (Å²) >= 11 is 0. The molecule has 1 aromatic heterocycles. The predicted molar refractivity (Wildman–Crippen MR) is 88.1 cm³/mol. The van der Waals surface area contributed by atoms with Gasteiger partial charge in [-0.15, -0.1) is 0 Å². The van der Waals surface area contributed by atoms with Crippen molar-refractivity contribution in [1.29, 1.82) is 0 Å². The highest BCUT2D eigenvalue weighted by Gasteiger charge is 2.29. The van der Waals surface area contributed by atoms with E-state index in [0.717, 1.165) is 37.8 Å². The maximum Gasteiger partial charge on any atom is 0.257 e. The van der Waals surface area contributed by atoms with Crippen molar-refractivity contribution >= 4 is 5.91 Å². The van der Waals surface area contributed by atoms with Gasteiger partial charge in [0.25, 0.3) is 5.91 Å². The number of aromatic nitrogens is 2. The minimum atomic E-state index is 0.0600. The van der Waals surface area contributed by atoms with Crippen molar-refractivity contribution in [1.82, 2.24) is 14.7 Å². The lowest BCUT2D eigenvalue weighted by Crippen LogP contribution is -2.35. The second kappa shape index (κ2) is 7.42. The number of likely N-dealkylation sites (tertiary alicyclic amines) is 1. The van der Waals surface area contributed by atoms with Gasteiger partial charge in [0.1, 0.15) is 0 Å². The van der Waals surface area contributed by atoms with Crippen LogP contribution in [0.4, 0.5) is 0 Å². The van der Waals surface area contributed by atoms with Crippen molar-refractivity contribution in [3.05, 3.63) is 53.9 Å². The van der Waals surface area contributed by atoms with Crippen molar-refractivity contribution in [2.24, 2.45) is 0 Å². The Morgan fingerprint density at radius 3 is 2.91 bits per heavy atom. The Bertz CT molecular complexity index is 639. The number of aliphatic hydroxyl groups is 1. The second-order valence-corrected chi connectivity index (χ2v) is 6.07. The van der Waals surface area contributed by atoms with Gasteiger partial charge in [0, 0.05) is 25.4 Å². The van der Waals surface area contributed by atoms with Crippen LogP contribution in [0.1, 0.15) is 41.6 Å². The van der Waals surface area contributed by atoms with E-state index in [1.807, 2.05) is 29.3 Å². The molecular weight excluding hydrogens is 290 g/mol. The molecule has 2 heterocycles. The Balaban J connectivity index is 1.66. The van der Waals surface area contributed by atoms with E-state index in [0.29, 0.717) is 12.1 Å². The zero-order valence-corrected chi connectivity index (χ0v) is 13.3. The van der Waals surface area contributed by atoms with Crippen LogP contribution in [0.5, 0.6) is 0 Å². The molecule has 0 saturated carbocycles. The summed E-state index contributed by atoms with van der Waals surface area (Å²) in [6.45, 7) is 1.66. The summed E-state index contributed by atoms with van der Waals surface area (Å²) in [5, 5.41) is 13.3.